The van der Waals surface area contributed by atoms with Crippen LogP contribution in [0.3, 0.4) is 0 Å². The van der Waals surface area contributed by atoms with Gasteiger partial charge in [-0.3, -0.25) is 4.98 Å². The van der Waals surface area contributed by atoms with Gasteiger partial charge < -0.3 is 5.11 Å². The van der Waals surface area contributed by atoms with Gasteiger partial charge in [0, 0.05) is 21.5 Å². The number of carboxylic acids is 1. The SMILES string of the molecule is CC1CCc2c(nc3cccc(Br)c3c2C(=O)O)C1C. The average Bonchev–Trinajstić information content (AvgIpc) is 2.41. The number of pyridine rings is 1. The van der Waals surface area contributed by atoms with Crippen molar-refractivity contribution in [1.82, 2.24) is 4.98 Å². The Balaban J connectivity index is 2.43. The molecule has 20 heavy (non-hydrogen) atoms. The highest BCUT2D eigenvalue weighted by atomic mass is 79.9. The van der Waals surface area contributed by atoms with Crippen LogP contribution >= 0.6 is 15.9 Å². The topological polar surface area (TPSA) is 50.2 Å². The zero-order chi connectivity index (χ0) is 14.4. The molecule has 3 nitrogen and oxygen atoms in total. The normalized spacial score (nSPS) is 21.8. The molecule has 104 valence electrons. The van der Waals surface area contributed by atoms with E-state index in [-0.39, 0.29) is 0 Å². The Kier molecular flexibility index (Phi) is 3.28. The maximum atomic E-state index is 11.8. The molecule has 0 fully saturated rings. The number of halogens is 1. The van der Waals surface area contributed by atoms with Crippen LogP contribution in [0, 0.1) is 5.92 Å². The van der Waals surface area contributed by atoms with E-state index in [1.165, 1.54) is 0 Å². The lowest BCUT2D eigenvalue weighted by atomic mass is 9.78. The van der Waals surface area contributed by atoms with E-state index in [1.807, 2.05) is 18.2 Å². The fourth-order valence-electron chi connectivity index (χ4n) is 3.09. The van der Waals surface area contributed by atoms with Crippen molar-refractivity contribution in [1.29, 1.82) is 0 Å². The second-order valence-electron chi connectivity index (χ2n) is 5.59. The predicted molar refractivity (Wildman–Crippen MR) is 82.3 cm³/mol. The molecule has 0 bridgehead atoms. The summed E-state index contributed by atoms with van der Waals surface area (Å²) in [7, 11) is 0. The van der Waals surface area contributed by atoms with Crippen molar-refractivity contribution in [3.8, 4) is 0 Å². The molecule has 0 saturated carbocycles. The number of carboxylic acid groups (broad SMARTS) is 1. The lowest BCUT2D eigenvalue weighted by Crippen LogP contribution is -2.21. The summed E-state index contributed by atoms with van der Waals surface area (Å²) in [5, 5.41) is 10.4. The quantitative estimate of drug-likeness (QED) is 0.842. The van der Waals surface area contributed by atoms with E-state index in [1.54, 1.807) is 0 Å². The van der Waals surface area contributed by atoms with Crippen LogP contribution in [0.4, 0.5) is 0 Å². The molecule has 2 unspecified atom stereocenters. The molecule has 2 atom stereocenters. The maximum absolute atomic E-state index is 11.8. The van der Waals surface area contributed by atoms with Crippen molar-refractivity contribution in [3.63, 3.8) is 0 Å². The fourth-order valence-corrected chi connectivity index (χ4v) is 3.64. The van der Waals surface area contributed by atoms with Gasteiger partial charge in [-0.2, -0.15) is 0 Å². The minimum atomic E-state index is -0.859. The summed E-state index contributed by atoms with van der Waals surface area (Å²) in [4.78, 5) is 16.5. The van der Waals surface area contributed by atoms with Gasteiger partial charge in [0.15, 0.2) is 0 Å². The van der Waals surface area contributed by atoms with E-state index in [4.69, 9.17) is 4.98 Å². The van der Waals surface area contributed by atoms with Crippen molar-refractivity contribution in [2.24, 2.45) is 5.92 Å². The van der Waals surface area contributed by atoms with E-state index in [2.05, 4.69) is 29.8 Å². The first-order chi connectivity index (χ1) is 9.50. The first-order valence-electron chi connectivity index (χ1n) is 6.85. The molecule has 0 amide bonds. The van der Waals surface area contributed by atoms with Crippen LogP contribution in [0.5, 0.6) is 0 Å². The van der Waals surface area contributed by atoms with Gasteiger partial charge in [-0.05, 0) is 36.5 Å². The predicted octanol–water partition coefficient (Wildman–Crippen LogP) is 4.38. The standard InChI is InChI=1S/C16H16BrNO2/c1-8-6-7-10-13(16(19)20)14-11(17)4-3-5-12(14)18-15(10)9(8)2/h3-5,8-9H,6-7H2,1-2H3,(H,19,20). The van der Waals surface area contributed by atoms with Crippen molar-refractivity contribution < 1.29 is 9.90 Å². The zero-order valence-corrected chi connectivity index (χ0v) is 13.1. The molecule has 1 aromatic heterocycles. The Bertz CT molecular complexity index is 711. The molecule has 1 aromatic carbocycles. The van der Waals surface area contributed by atoms with Gasteiger partial charge in [0.25, 0.3) is 0 Å². The van der Waals surface area contributed by atoms with Gasteiger partial charge in [0.05, 0.1) is 11.1 Å². The summed E-state index contributed by atoms with van der Waals surface area (Å²) in [5.74, 6) is -0.0104. The van der Waals surface area contributed by atoms with E-state index < -0.39 is 5.97 Å². The molecule has 1 aliphatic rings. The van der Waals surface area contributed by atoms with Crippen LogP contribution in [-0.2, 0) is 6.42 Å². The van der Waals surface area contributed by atoms with Crippen LogP contribution in [0.25, 0.3) is 10.9 Å². The highest BCUT2D eigenvalue weighted by molar-refractivity contribution is 9.10. The van der Waals surface area contributed by atoms with E-state index >= 15 is 0 Å². The molecule has 0 aliphatic heterocycles. The van der Waals surface area contributed by atoms with Crippen molar-refractivity contribution >= 4 is 32.8 Å². The Morgan fingerprint density at radius 3 is 2.85 bits per heavy atom. The molecule has 1 aliphatic carbocycles. The third-order valence-corrected chi connectivity index (χ3v) is 5.10. The lowest BCUT2D eigenvalue weighted by Gasteiger charge is -2.29. The highest BCUT2D eigenvalue weighted by Crippen LogP contribution is 2.39. The lowest BCUT2D eigenvalue weighted by molar-refractivity contribution is 0.0697. The van der Waals surface area contributed by atoms with Crippen molar-refractivity contribution in [2.45, 2.75) is 32.6 Å². The third kappa shape index (κ3) is 1.94. The Hall–Kier alpha value is -1.42. The van der Waals surface area contributed by atoms with Gasteiger partial charge >= 0.3 is 5.97 Å². The number of rotatable bonds is 1. The smallest absolute Gasteiger partial charge is 0.336 e. The first-order valence-corrected chi connectivity index (χ1v) is 7.64. The van der Waals surface area contributed by atoms with Crippen LogP contribution < -0.4 is 0 Å². The minimum Gasteiger partial charge on any atom is -0.478 e. The molecule has 3 rings (SSSR count). The average molecular weight is 334 g/mol. The van der Waals surface area contributed by atoms with Gasteiger partial charge in [-0.25, -0.2) is 4.79 Å². The number of fused-ring (bicyclic) bond motifs is 2. The Morgan fingerprint density at radius 1 is 1.40 bits per heavy atom. The third-order valence-electron chi connectivity index (χ3n) is 4.44. The highest BCUT2D eigenvalue weighted by Gasteiger charge is 2.30. The molecule has 2 aromatic rings. The van der Waals surface area contributed by atoms with Crippen LogP contribution in [0.1, 0.15) is 47.8 Å². The number of carbonyl (C=O) groups is 1. The van der Waals surface area contributed by atoms with Gasteiger partial charge in [-0.1, -0.05) is 35.8 Å². The second kappa shape index (κ2) is 4.85. The number of hydrogen-bond acceptors (Lipinski definition) is 2. The number of aromatic carboxylic acids is 1. The molecular formula is C16H16BrNO2. The van der Waals surface area contributed by atoms with Crippen molar-refractivity contribution in [2.75, 3.05) is 0 Å². The van der Waals surface area contributed by atoms with Crippen LogP contribution in [0.15, 0.2) is 22.7 Å². The summed E-state index contributed by atoms with van der Waals surface area (Å²) in [6.45, 7) is 4.35. The molecule has 0 saturated heterocycles. The largest absolute Gasteiger partial charge is 0.478 e. The summed E-state index contributed by atoms with van der Waals surface area (Å²) in [6.07, 6.45) is 1.82. The number of aromatic nitrogens is 1. The van der Waals surface area contributed by atoms with Gasteiger partial charge in [-0.15, -0.1) is 0 Å². The van der Waals surface area contributed by atoms with Gasteiger partial charge in [0.2, 0.25) is 0 Å². The molecule has 1 heterocycles. The molecule has 4 heteroatoms. The monoisotopic (exact) mass is 333 g/mol. The second-order valence-corrected chi connectivity index (χ2v) is 6.45. The summed E-state index contributed by atoms with van der Waals surface area (Å²) < 4.78 is 0.800. The fraction of sp³-hybridized carbons (Fsp3) is 0.375. The maximum Gasteiger partial charge on any atom is 0.336 e. The van der Waals surface area contributed by atoms with E-state index in [9.17, 15) is 9.90 Å². The number of hydrogen-bond donors (Lipinski definition) is 1. The molecule has 0 spiro atoms. The Labute approximate surface area is 126 Å². The van der Waals surface area contributed by atoms with E-state index in [0.29, 0.717) is 17.4 Å². The zero-order valence-electron chi connectivity index (χ0n) is 11.5. The van der Waals surface area contributed by atoms with Gasteiger partial charge in [0.1, 0.15) is 0 Å². The number of nitrogens with zero attached hydrogens (tertiary/aromatic N) is 1. The molecule has 0 radical (unpaired) electrons. The van der Waals surface area contributed by atoms with E-state index in [0.717, 1.165) is 39.5 Å². The summed E-state index contributed by atoms with van der Waals surface area (Å²) >= 11 is 3.47. The first kappa shape index (κ1) is 13.6. The van der Waals surface area contributed by atoms with Crippen molar-refractivity contribution in [3.05, 3.63) is 39.5 Å². The Morgan fingerprint density at radius 2 is 2.15 bits per heavy atom. The van der Waals surface area contributed by atoms with Crippen LogP contribution in [-0.4, -0.2) is 16.1 Å². The summed E-state index contributed by atoms with van der Waals surface area (Å²) in [5.41, 5.74) is 3.07. The summed E-state index contributed by atoms with van der Waals surface area (Å²) in [6, 6.07) is 5.66. The molecule has 1 N–H and O–H groups in total. The molecular weight excluding hydrogens is 318 g/mol. The van der Waals surface area contributed by atoms with Crippen LogP contribution in [0.2, 0.25) is 0 Å². The minimum absolute atomic E-state index is 0.306. The number of benzene rings is 1.